The molecule has 0 bridgehead atoms. The Morgan fingerprint density at radius 1 is 0.941 bits per heavy atom. The van der Waals surface area contributed by atoms with E-state index >= 15 is 0 Å². The van der Waals surface area contributed by atoms with Crippen LogP contribution in [0.3, 0.4) is 0 Å². The average Bonchev–Trinajstić information content (AvgIpc) is 3.14. The van der Waals surface area contributed by atoms with Gasteiger partial charge in [0.05, 0.1) is 5.69 Å². The highest BCUT2D eigenvalue weighted by Gasteiger charge is 2.28. The first-order chi connectivity index (χ1) is 16.4. The van der Waals surface area contributed by atoms with E-state index in [1.54, 1.807) is 29.2 Å². The van der Waals surface area contributed by atoms with Crippen LogP contribution in [0.2, 0.25) is 5.02 Å². The molecule has 34 heavy (non-hydrogen) atoms. The smallest absolute Gasteiger partial charge is 0.296 e. The lowest BCUT2D eigenvalue weighted by molar-refractivity contribution is 0.0975. The number of fused-ring (bicyclic) bond motifs is 3. The van der Waals surface area contributed by atoms with Gasteiger partial charge in [-0.05, 0) is 56.3 Å². The lowest BCUT2D eigenvalue weighted by Gasteiger charge is -2.27. The summed E-state index contributed by atoms with van der Waals surface area (Å²) in [4.78, 5) is 29.5. The maximum Gasteiger partial charge on any atom is 0.296 e. The number of benzene rings is 3. The van der Waals surface area contributed by atoms with E-state index in [-0.39, 0.29) is 23.2 Å². The molecule has 3 aromatic carbocycles. The molecule has 5 rings (SSSR count). The molecular formula is C27H23ClN4O2. The third-order valence-corrected chi connectivity index (χ3v) is 6.23. The Hall–Kier alpha value is -3.90. The molecule has 2 heterocycles. The average molecular weight is 471 g/mol. The number of hydrogen-bond donors (Lipinski definition) is 0. The lowest BCUT2D eigenvalue weighted by atomic mass is 10.1. The molecule has 7 heteroatoms. The third kappa shape index (κ3) is 3.47. The molecule has 0 N–H and O–H groups in total. The molecule has 170 valence electrons. The predicted molar refractivity (Wildman–Crippen MR) is 137 cm³/mol. The fourth-order valence-corrected chi connectivity index (χ4v) is 4.56. The largest absolute Gasteiger partial charge is 0.339 e. The van der Waals surface area contributed by atoms with Gasteiger partial charge in [-0.15, -0.1) is 0 Å². The minimum atomic E-state index is -0.289. The summed E-state index contributed by atoms with van der Waals surface area (Å²) >= 11 is 6.09. The second-order valence-electron chi connectivity index (χ2n) is 8.45. The quantitative estimate of drug-likeness (QED) is 0.344. The highest BCUT2D eigenvalue weighted by atomic mass is 35.5. The molecule has 0 radical (unpaired) electrons. The van der Waals surface area contributed by atoms with Crippen LogP contribution in [0, 0.1) is 0 Å². The number of rotatable bonds is 4. The molecular weight excluding hydrogens is 448 g/mol. The highest BCUT2D eigenvalue weighted by Crippen LogP contribution is 2.31. The molecule has 0 aliphatic rings. The Labute approximate surface area is 201 Å². The third-order valence-electron chi connectivity index (χ3n) is 5.98. The zero-order valence-electron chi connectivity index (χ0n) is 19.1. The van der Waals surface area contributed by atoms with Gasteiger partial charge in [-0.1, -0.05) is 48.0 Å². The summed E-state index contributed by atoms with van der Waals surface area (Å²) in [5.74, 6) is -0.289. The van der Waals surface area contributed by atoms with Gasteiger partial charge in [0.1, 0.15) is 5.52 Å². The minimum absolute atomic E-state index is 0.155. The topological polar surface area (TPSA) is 60.1 Å². The van der Waals surface area contributed by atoms with E-state index in [0.717, 1.165) is 10.9 Å². The summed E-state index contributed by atoms with van der Waals surface area (Å²) in [7, 11) is 1.84. The number of hydrogen-bond acceptors (Lipinski definition) is 3. The molecule has 0 unspecified atom stereocenters. The van der Waals surface area contributed by atoms with Crippen LogP contribution in [0.1, 0.15) is 24.3 Å². The number of anilines is 1. The molecule has 0 aliphatic heterocycles. The van der Waals surface area contributed by atoms with Crippen molar-refractivity contribution in [2.75, 3.05) is 4.90 Å². The normalized spacial score (nSPS) is 11.4. The van der Waals surface area contributed by atoms with E-state index in [2.05, 4.69) is 5.10 Å². The van der Waals surface area contributed by atoms with Crippen LogP contribution in [0.4, 0.5) is 5.69 Å². The lowest BCUT2D eigenvalue weighted by Crippen LogP contribution is -2.39. The van der Waals surface area contributed by atoms with Crippen molar-refractivity contribution in [3.63, 3.8) is 0 Å². The molecule has 6 nitrogen and oxygen atoms in total. The molecule has 2 aromatic heterocycles. The molecule has 1 amide bonds. The standard InChI is InChI=1S/C27H23ClN4O2/c1-17(2)31(19-15-13-18(28)14-16-19)26(33)24-23-21-11-7-8-12-22(21)30(3)25(23)27(34)32(29-24)20-9-5-4-6-10-20/h4-17H,1-3H3. The van der Waals surface area contributed by atoms with Crippen molar-refractivity contribution in [1.82, 2.24) is 14.3 Å². The van der Waals surface area contributed by atoms with Crippen molar-refractivity contribution in [3.8, 4) is 5.69 Å². The van der Waals surface area contributed by atoms with Crippen molar-refractivity contribution in [1.29, 1.82) is 0 Å². The second kappa shape index (κ2) is 8.47. The number of para-hydroxylation sites is 2. The summed E-state index contributed by atoms with van der Waals surface area (Å²) in [6, 6.07) is 23.8. The number of carbonyl (C=O) groups excluding carboxylic acids is 1. The molecule has 0 saturated carbocycles. The predicted octanol–water partition coefficient (Wildman–Crippen LogP) is 5.59. The van der Waals surface area contributed by atoms with Crippen LogP contribution in [-0.4, -0.2) is 26.3 Å². The highest BCUT2D eigenvalue weighted by molar-refractivity contribution is 6.30. The Morgan fingerprint density at radius 2 is 1.59 bits per heavy atom. The van der Waals surface area contributed by atoms with Crippen LogP contribution in [-0.2, 0) is 7.05 Å². The second-order valence-corrected chi connectivity index (χ2v) is 8.88. The van der Waals surface area contributed by atoms with Crippen molar-refractivity contribution in [2.45, 2.75) is 19.9 Å². The van der Waals surface area contributed by atoms with Gasteiger partial charge in [0, 0.05) is 40.1 Å². The molecule has 0 aliphatic carbocycles. The van der Waals surface area contributed by atoms with Gasteiger partial charge in [0.15, 0.2) is 5.69 Å². The van der Waals surface area contributed by atoms with Gasteiger partial charge in [-0.25, -0.2) is 0 Å². The number of aromatic nitrogens is 3. The van der Waals surface area contributed by atoms with Crippen LogP contribution in [0.15, 0.2) is 83.7 Å². The van der Waals surface area contributed by atoms with E-state index in [1.807, 2.05) is 80.1 Å². The van der Waals surface area contributed by atoms with Crippen LogP contribution in [0.5, 0.6) is 0 Å². The zero-order chi connectivity index (χ0) is 24.0. The number of aryl methyl sites for hydroxylation is 1. The number of halogens is 1. The Bertz CT molecular complexity index is 1590. The van der Waals surface area contributed by atoms with E-state index in [4.69, 9.17) is 11.6 Å². The molecule has 0 spiro atoms. The van der Waals surface area contributed by atoms with Crippen molar-refractivity contribution in [3.05, 3.63) is 99.9 Å². The van der Waals surface area contributed by atoms with Gasteiger partial charge in [-0.3, -0.25) is 9.59 Å². The van der Waals surface area contributed by atoms with Gasteiger partial charge < -0.3 is 9.47 Å². The monoisotopic (exact) mass is 470 g/mol. The van der Waals surface area contributed by atoms with Crippen LogP contribution in [0.25, 0.3) is 27.5 Å². The number of amides is 1. The maximum absolute atomic E-state index is 14.1. The molecule has 5 aromatic rings. The Balaban J connectivity index is 1.86. The maximum atomic E-state index is 14.1. The van der Waals surface area contributed by atoms with Crippen LogP contribution >= 0.6 is 11.6 Å². The van der Waals surface area contributed by atoms with Crippen molar-refractivity contribution < 1.29 is 4.79 Å². The number of nitrogens with zero attached hydrogens (tertiary/aromatic N) is 4. The molecule has 0 atom stereocenters. The summed E-state index contributed by atoms with van der Waals surface area (Å²) < 4.78 is 3.15. The van der Waals surface area contributed by atoms with Gasteiger partial charge in [0.2, 0.25) is 0 Å². The summed E-state index contributed by atoms with van der Waals surface area (Å²) in [5.41, 5.74) is 2.54. The summed E-state index contributed by atoms with van der Waals surface area (Å²) in [5, 5.41) is 6.61. The first kappa shape index (κ1) is 21.9. The first-order valence-corrected chi connectivity index (χ1v) is 11.4. The SMILES string of the molecule is CC(C)N(C(=O)c1nn(-c2ccccc2)c(=O)c2c1c1ccccc1n2C)c1ccc(Cl)cc1. The Kier molecular flexibility index (Phi) is 5.46. The fraction of sp³-hybridized carbons (Fsp3) is 0.148. The van der Waals surface area contributed by atoms with Gasteiger partial charge in [-0.2, -0.15) is 9.78 Å². The Morgan fingerprint density at radius 3 is 2.26 bits per heavy atom. The molecule has 0 fully saturated rings. The first-order valence-electron chi connectivity index (χ1n) is 11.0. The van der Waals surface area contributed by atoms with E-state index < -0.39 is 0 Å². The van der Waals surface area contributed by atoms with E-state index in [9.17, 15) is 9.59 Å². The van der Waals surface area contributed by atoms with Gasteiger partial charge in [0.25, 0.3) is 11.5 Å². The van der Waals surface area contributed by atoms with Gasteiger partial charge >= 0.3 is 0 Å². The van der Waals surface area contributed by atoms with E-state index in [0.29, 0.717) is 27.3 Å². The molecule has 0 saturated heterocycles. The summed E-state index contributed by atoms with van der Waals surface area (Å²) in [6.07, 6.45) is 0. The number of carbonyl (C=O) groups is 1. The summed E-state index contributed by atoms with van der Waals surface area (Å²) in [6.45, 7) is 3.89. The minimum Gasteiger partial charge on any atom is -0.339 e. The van der Waals surface area contributed by atoms with E-state index in [1.165, 1.54) is 4.68 Å². The van der Waals surface area contributed by atoms with Crippen molar-refractivity contribution >= 4 is 45.0 Å². The zero-order valence-corrected chi connectivity index (χ0v) is 19.8. The van der Waals surface area contributed by atoms with Crippen LogP contribution < -0.4 is 10.5 Å². The van der Waals surface area contributed by atoms with Crippen molar-refractivity contribution in [2.24, 2.45) is 7.05 Å². The fourth-order valence-electron chi connectivity index (χ4n) is 4.44.